The van der Waals surface area contributed by atoms with Crippen LogP contribution in [-0.4, -0.2) is 0 Å². The Morgan fingerprint density at radius 1 is 1.26 bits per heavy atom. The van der Waals surface area contributed by atoms with Crippen molar-refractivity contribution in [3.8, 4) is 6.07 Å². The van der Waals surface area contributed by atoms with Crippen molar-refractivity contribution in [3.63, 3.8) is 0 Å². The summed E-state index contributed by atoms with van der Waals surface area (Å²) in [4.78, 5) is 1.10. The minimum atomic E-state index is -1.10. The van der Waals surface area contributed by atoms with Crippen LogP contribution in [0.2, 0.25) is 0 Å². The highest BCUT2D eigenvalue weighted by molar-refractivity contribution is 7.10. The van der Waals surface area contributed by atoms with Crippen LogP contribution in [0.5, 0.6) is 0 Å². The molecule has 2 rings (SSSR count). The van der Waals surface area contributed by atoms with Gasteiger partial charge in [0, 0.05) is 11.4 Å². The quantitative estimate of drug-likeness (QED) is 0.915. The van der Waals surface area contributed by atoms with Crippen LogP contribution in [0.15, 0.2) is 23.6 Å². The van der Waals surface area contributed by atoms with Gasteiger partial charge < -0.3 is 5.32 Å². The van der Waals surface area contributed by atoms with Crippen LogP contribution in [0, 0.1) is 23.0 Å². The van der Waals surface area contributed by atoms with Gasteiger partial charge in [0.2, 0.25) is 0 Å². The maximum absolute atomic E-state index is 13.7. The summed E-state index contributed by atoms with van der Waals surface area (Å²) in [7, 11) is 0. The van der Waals surface area contributed by atoms with Crippen molar-refractivity contribution in [2.75, 3.05) is 5.32 Å². The number of nitrogens with one attached hydrogen (secondary N) is 1. The first-order valence-corrected chi connectivity index (χ1v) is 6.72. The van der Waals surface area contributed by atoms with Gasteiger partial charge in [-0.1, -0.05) is 6.92 Å². The van der Waals surface area contributed by atoms with Crippen LogP contribution in [0.1, 0.15) is 22.9 Å². The number of aryl methyl sites for hydroxylation is 1. The number of anilines is 1. The second-order valence-corrected chi connectivity index (χ2v) is 4.98. The van der Waals surface area contributed by atoms with Crippen molar-refractivity contribution in [1.82, 2.24) is 0 Å². The number of thiophene rings is 1. The SMILES string of the molecule is CCc1ccsc1CNc1ccc(C#N)c(F)c1F. The van der Waals surface area contributed by atoms with E-state index in [0.29, 0.717) is 6.54 Å². The minimum Gasteiger partial charge on any atom is -0.378 e. The Bertz CT molecular complexity index is 629. The van der Waals surface area contributed by atoms with Crippen molar-refractivity contribution in [3.05, 3.63) is 51.2 Å². The number of benzene rings is 1. The van der Waals surface area contributed by atoms with Crippen molar-refractivity contribution in [2.24, 2.45) is 0 Å². The molecule has 0 aliphatic carbocycles. The van der Waals surface area contributed by atoms with E-state index >= 15 is 0 Å². The van der Waals surface area contributed by atoms with Crippen molar-refractivity contribution in [2.45, 2.75) is 19.9 Å². The number of hydrogen-bond donors (Lipinski definition) is 1. The predicted octanol–water partition coefficient (Wildman–Crippen LogP) is 4.07. The van der Waals surface area contributed by atoms with E-state index in [1.165, 1.54) is 17.7 Å². The molecule has 0 fully saturated rings. The highest BCUT2D eigenvalue weighted by Gasteiger charge is 2.13. The lowest BCUT2D eigenvalue weighted by molar-refractivity contribution is 0.508. The van der Waals surface area contributed by atoms with Crippen LogP contribution in [-0.2, 0) is 13.0 Å². The maximum Gasteiger partial charge on any atom is 0.183 e. The molecule has 1 aromatic heterocycles. The van der Waals surface area contributed by atoms with Crippen LogP contribution in [0.3, 0.4) is 0 Å². The molecule has 0 radical (unpaired) electrons. The summed E-state index contributed by atoms with van der Waals surface area (Å²) in [5, 5.41) is 13.5. The van der Waals surface area contributed by atoms with E-state index in [9.17, 15) is 8.78 Å². The molecule has 0 bridgehead atoms. The average Bonchev–Trinajstić information content (AvgIpc) is 2.88. The second-order valence-electron chi connectivity index (χ2n) is 3.98. The first kappa shape index (κ1) is 13.5. The molecule has 0 aliphatic rings. The molecule has 0 unspecified atom stereocenters. The number of halogens is 2. The molecule has 0 saturated carbocycles. The van der Waals surface area contributed by atoms with E-state index in [4.69, 9.17) is 5.26 Å². The van der Waals surface area contributed by atoms with Gasteiger partial charge in [0.05, 0.1) is 11.3 Å². The topological polar surface area (TPSA) is 35.8 Å². The van der Waals surface area contributed by atoms with E-state index in [1.807, 2.05) is 18.4 Å². The van der Waals surface area contributed by atoms with Crippen LogP contribution >= 0.6 is 11.3 Å². The van der Waals surface area contributed by atoms with Crippen molar-refractivity contribution < 1.29 is 8.78 Å². The number of rotatable bonds is 4. The summed E-state index contributed by atoms with van der Waals surface area (Å²) in [6.07, 6.45) is 0.907. The second kappa shape index (κ2) is 5.81. The molecular weight excluding hydrogens is 266 g/mol. The van der Waals surface area contributed by atoms with E-state index in [1.54, 1.807) is 17.4 Å². The van der Waals surface area contributed by atoms with E-state index in [2.05, 4.69) is 5.32 Å². The molecule has 0 aliphatic heterocycles. The van der Waals surface area contributed by atoms with Crippen molar-refractivity contribution in [1.29, 1.82) is 5.26 Å². The zero-order valence-corrected chi connectivity index (χ0v) is 11.2. The lowest BCUT2D eigenvalue weighted by Crippen LogP contribution is -2.04. The fourth-order valence-electron chi connectivity index (χ4n) is 1.78. The molecule has 5 heteroatoms. The summed E-state index contributed by atoms with van der Waals surface area (Å²) in [6.45, 7) is 2.50. The lowest BCUT2D eigenvalue weighted by atomic mass is 10.2. The molecule has 0 amide bonds. The summed E-state index contributed by atoms with van der Waals surface area (Å²) in [5.41, 5.74) is 0.993. The highest BCUT2D eigenvalue weighted by atomic mass is 32.1. The van der Waals surface area contributed by atoms with E-state index in [-0.39, 0.29) is 11.3 Å². The summed E-state index contributed by atoms with van der Waals surface area (Å²) >= 11 is 1.58. The Kier molecular flexibility index (Phi) is 4.13. The maximum atomic E-state index is 13.7. The Morgan fingerprint density at radius 3 is 2.74 bits per heavy atom. The lowest BCUT2D eigenvalue weighted by Gasteiger charge is -2.08. The monoisotopic (exact) mass is 278 g/mol. The number of hydrogen-bond acceptors (Lipinski definition) is 3. The molecule has 2 aromatic rings. The molecule has 1 aromatic carbocycles. The fourth-order valence-corrected chi connectivity index (χ4v) is 2.70. The zero-order valence-electron chi connectivity index (χ0n) is 10.3. The minimum absolute atomic E-state index is 0.0759. The molecule has 98 valence electrons. The van der Waals surface area contributed by atoms with Gasteiger partial charge in [-0.3, -0.25) is 0 Å². The van der Waals surface area contributed by atoms with E-state index < -0.39 is 11.6 Å². The van der Waals surface area contributed by atoms with Gasteiger partial charge in [-0.05, 0) is 35.6 Å². The molecule has 2 nitrogen and oxygen atoms in total. The average molecular weight is 278 g/mol. The standard InChI is InChI=1S/C14H12F2N2S/c1-2-9-5-6-19-12(9)8-18-11-4-3-10(7-17)13(15)14(11)16/h3-6,18H,2,8H2,1H3. The van der Waals surface area contributed by atoms with Gasteiger partial charge in [0.25, 0.3) is 0 Å². The van der Waals surface area contributed by atoms with Crippen LogP contribution in [0.25, 0.3) is 0 Å². The van der Waals surface area contributed by atoms with Crippen LogP contribution in [0.4, 0.5) is 14.5 Å². The smallest absolute Gasteiger partial charge is 0.183 e. The predicted molar refractivity (Wildman–Crippen MR) is 72.1 cm³/mol. The van der Waals surface area contributed by atoms with Gasteiger partial charge in [0.1, 0.15) is 6.07 Å². The van der Waals surface area contributed by atoms with Gasteiger partial charge in [-0.25, -0.2) is 8.78 Å². The molecule has 19 heavy (non-hydrogen) atoms. The van der Waals surface area contributed by atoms with Gasteiger partial charge in [-0.2, -0.15) is 5.26 Å². The van der Waals surface area contributed by atoms with Crippen molar-refractivity contribution >= 4 is 17.0 Å². The Balaban J connectivity index is 2.17. The summed E-state index contributed by atoms with van der Waals surface area (Å²) in [6, 6.07) is 6.29. The molecule has 1 heterocycles. The normalized spacial score (nSPS) is 10.2. The third-order valence-electron chi connectivity index (χ3n) is 2.86. The Morgan fingerprint density at radius 2 is 2.05 bits per heavy atom. The molecule has 1 N–H and O–H groups in total. The number of nitriles is 1. The molecule has 0 spiro atoms. The van der Waals surface area contributed by atoms with Crippen LogP contribution < -0.4 is 5.32 Å². The fraction of sp³-hybridized carbons (Fsp3) is 0.214. The summed E-state index contributed by atoms with van der Waals surface area (Å²) < 4.78 is 27.1. The third-order valence-corrected chi connectivity index (χ3v) is 3.82. The highest BCUT2D eigenvalue weighted by Crippen LogP contribution is 2.23. The molecule has 0 atom stereocenters. The first-order chi connectivity index (χ1) is 9.17. The Labute approximate surface area is 114 Å². The zero-order chi connectivity index (χ0) is 13.8. The largest absolute Gasteiger partial charge is 0.378 e. The Hall–Kier alpha value is -1.93. The third kappa shape index (κ3) is 2.74. The molecule has 0 saturated heterocycles. The van der Waals surface area contributed by atoms with Gasteiger partial charge in [-0.15, -0.1) is 11.3 Å². The first-order valence-electron chi connectivity index (χ1n) is 5.84. The van der Waals surface area contributed by atoms with Gasteiger partial charge >= 0.3 is 0 Å². The number of nitrogens with zero attached hydrogens (tertiary/aromatic N) is 1. The summed E-state index contributed by atoms with van der Waals surface area (Å²) in [5.74, 6) is -2.11. The molecular formula is C14H12F2N2S. The van der Waals surface area contributed by atoms with E-state index in [0.717, 1.165) is 11.3 Å². The van der Waals surface area contributed by atoms with Gasteiger partial charge in [0.15, 0.2) is 11.6 Å².